The summed E-state index contributed by atoms with van der Waals surface area (Å²) in [7, 11) is 0. The zero-order valence-electron chi connectivity index (χ0n) is 11.5. The smallest absolute Gasteiger partial charge is 0.255 e. The van der Waals surface area contributed by atoms with Crippen LogP contribution in [0.2, 0.25) is 0 Å². The summed E-state index contributed by atoms with van der Waals surface area (Å²) < 4.78 is 6.06. The monoisotopic (exact) mass is 272 g/mol. The van der Waals surface area contributed by atoms with E-state index in [2.05, 4.69) is 4.98 Å². The number of rotatable bonds is 2. The Morgan fingerprint density at radius 1 is 1.15 bits per heavy atom. The largest absolute Gasteiger partial charge is 0.490 e. The number of benzene rings is 1. The fraction of sp³-hybridized carbons (Fsp3) is 0.438. The maximum absolute atomic E-state index is 11.7. The molecule has 0 saturated heterocycles. The predicted octanol–water partition coefficient (Wildman–Crippen LogP) is 2.57. The predicted molar refractivity (Wildman–Crippen MR) is 80.0 cm³/mol. The van der Waals surface area contributed by atoms with Crippen molar-refractivity contribution in [3.63, 3.8) is 0 Å². The maximum atomic E-state index is 11.7. The molecule has 2 atom stereocenters. The van der Waals surface area contributed by atoms with Crippen molar-refractivity contribution in [3.05, 3.63) is 40.8 Å². The van der Waals surface area contributed by atoms with Gasteiger partial charge in [0.25, 0.3) is 5.56 Å². The minimum absolute atomic E-state index is 0.0607. The lowest BCUT2D eigenvalue weighted by atomic mass is 10.1. The first-order valence-corrected chi connectivity index (χ1v) is 7.26. The Bertz CT molecular complexity index is 650. The van der Waals surface area contributed by atoms with Crippen LogP contribution in [0.3, 0.4) is 0 Å². The number of aromatic nitrogens is 1. The lowest BCUT2D eigenvalue weighted by Crippen LogP contribution is -2.20. The molecule has 2 aromatic rings. The van der Waals surface area contributed by atoms with E-state index in [4.69, 9.17) is 10.5 Å². The molecular weight excluding hydrogens is 252 g/mol. The fourth-order valence-electron chi connectivity index (χ4n) is 2.85. The number of nitrogens with two attached hydrogens (primary N) is 1. The Balaban J connectivity index is 1.79. The third-order valence-electron chi connectivity index (χ3n) is 4.01. The highest BCUT2D eigenvalue weighted by Gasteiger charge is 2.17. The molecule has 0 spiro atoms. The van der Waals surface area contributed by atoms with Crippen molar-refractivity contribution < 1.29 is 4.74 Å². The molecule has 1 unspecified atom stereocenters. The van der Waals surface area contributed by atoms with Crippen LogP contribution in [-0.4, -0.2) is 17.1 Å². The normalized spacial score (nSPS) is 23.4. The Hall–Kier alpha value is -1.81. The first-order chi connectivity index (χ1) is 9.72. The summed E-state index contributed by atoms with van der Waals surface area (Å²) >= 11 is 0. The quantitative estimate of drug-likeness (QED) is 0.826. The van der Waals surface area contributed by atoms with Gasteiger partial charge in [0.1, 0.15) is 5.75 Å². The highest BCUT2D eigenvalue weighted by Crippen LogP contribution is 2.24. The zero-order valence-corrected chi connectivity index (χ0v) is 11.5. The summed E-state index contributed by atoms with van der Waals surface area (Å²) in [6, 6.07) is 7.86. The SMILES string of the molecule is N[C@H]1CCCC(Oc2ccc3c(=O)[nH]ccc3c2)CC1. The average Bonchev–Trinajstić information content (AvgIpc) is 2.64. The van der Waals surface area contributed by atoms with Crippen molar-refractivity contribution in [2.75, 3.05) is 0 Å². The van der Waals surface area contributed by atoms with E-state index in [9.17, 15) is 4.79 Å². The third-order valence-corrected chi connectivity index (χ3v) is 4.01. The van der Waals surface area contributed by atoms with Crippen molar-refractivity contribution in [2.45, 2.75) is 44.2 Å². The molecule has 0 radical (unpaired) electrons. The van der Waals surface area contributed by atoms with Gasteiger partial charge in [-0.25, -0.2) is 0 Å². The Kier molecular flexibility index (Phi) is 3.74. The van der Waals surface area contributed by atoms with Crippen LogP contribution in [-0.2, 0) is 0 Å². The first kappa shape index (κ1) is 13.2. The van der Waals surface area contributed by atoms with Gasteiger partial charge < -0.3 is 15.5 Å². The Morgan fingerprint density at radius 2 is 2.05 bits per heavy atom. The van der Waals surface area contributed by atoms with Gasteiger partial charge in [-0.3, -0.25) is 4.79 Å². The van der Waals surface area contributed by atoms with E-state index in [1.54, 1.807) is 6.20 Å². The number of hydrogen-bond acceptors (Lipinski definition) is 3. The number of aromatic amines is 1. The van der Waals surface area contributed by atoms with Crippen LogP contribution in [0.1, 0.15) is 32.1 Å². The molecule has 4 heteroatoms. The molecule has 4 nitrogen and oxygen atoms in total. The second-order valence-electron chi connectivity index (χ2n) is 5.56. The molecule has 1 heterocycles. The van der Waals surface area contributed by atoms with E-state index in [0.29, 0.717) is 11.4 Å². The summed E-state index contributed by atoms with van der Waals surface area (Å²) in [5.41, 5.74) is 5.93. The Labute approximate surface area is 117 Å². The average molecular weight is 272 g/mol. The second kappa shape index (κ2) is 5.67. The van der Waals surface area contributed by atoms with E-state index >= 15 is 0 Å². The molecule has 0 bridgehead atoms. The molecular formula is C16H20N2O2. The minimum atomic E-state index is -0.0607. The van der Waals surface area contributed by atoms with Crippen LogP contribution in [0.5, 0.6) is 5.75 Å². The minimum Gasteiger partial charge on any atom is -0.490 e. The van der Waals surface area contributed by atoms with Crippen LogP contribution in [0.25, 0.3) is 10.8 Å². The molecule has 1 aliphatic carbocycles. The van der Waals surface area contributed by atoms with Crippen molar-refractivity contribution >= 4 is 10.8 Å². The summed E-state index contributed by atoms with van der Waals surface area (Å²) in [6.45, 7) is 0. The molecule has 0 amide bonds. The number of hydrogen-bond donors (Lipinski definition) is 2. The number of H-pyrrole nitrogens is 1. The van der Waals surface area contributed by atoms with Crippen LogP contribution in [0, 0.1) is 0 Å². The van der Waals surface area contributed by atoms with Gasteiger partial charge in [-0.05, 0) is 61.8 Å². The topological polar surface area (TPSA) is 68.1 Å². The number of ether oxygens (including phenoxy) is 1. The number of pyridine rings is 1. The molecule has 0 aliphatic heterocycles. The highest BCUT2D eigenvalue weighted by molar-refractivity contribution is 5.82. The van der Waals surface area contributed by atoms with E-state index in [-0.39, 0.29) is 11.7 Å². The van der Waals surface area contributed by atoms with Gasteiger partial charge in [-0.15, -0.1) is 0 Å². The van der Waals surface area contributed by atoms with E-state index in [1.165, 1.54) is 0 Å². The van der Waals surface area contributed by atoms with E-state index in [0.717, 1.165) is 43.2 Å². The van der Waals surface area contributed by atoms with Crippen LogP contribution < -0.4 is 16.0 Å². The third kappa shape index (κ3) is 2.85. The number of nitrogens with one attached hydrogen (secondary N) is 1. The fourth-order valence-corrected chi connectivity index (χ4v) is 2.85. The van der Waals surface area contributed by atoms with Gasteiger partial charge in [0.05, 0.1) is 6.10 Å². The van der Waals surface area contributed by atoms with Crippen LogP contribution in [0.4, 0.5) is 0 Å². The lowest BCUT2D eigenvalue weighted by molar-refractivity contribution is 0.183. The van der Waals surface area contributed by atoms with Gasteiger partial charge in [-0.2, -0.15) is 0 Å². The zero-order chi connectivity index (χ0) is 13.9. The summed E-state index contributed by atoms with van der Waals surface area (Å²) in [5, 5.41) is 1.61. The maximum Gasteiger partial charge on any atom is 0.255 e. The van der Waals surface area contributed by atoms with Gasteiger partial charge in [0, 0.05) is 17.6 Å². The van der Waals surface area contributed by atoms with Gasteiger partial charge in [-0.1, -0.05) is 0 Å². The molecule has 20 heavy (non-hydrogen) atoms. The summed E-state index contributed by atoms with van der Waals surface area (Å²) in [5.74, 6) is 0.837. The van der Waals surface area contributed by atoms with Crippen molar-refractivity contribution in [1.82, 2.24) is 4.98 Å². The van der Waals surface area contributed by atoms with Gasteiger partial charge in [0.2, 0.25) is 0 Å². The van der Waals surface area contributed by atoms with Gasteiger partial charge in [0.15, 0.2) is 0 Å². The molecule has 3 rings (SSSR count). The molecule has 1 aromatic carbocycles. The van der Waals surface area contributed by atoms with E-state index < -0.39 is 0 Å². The lowest BCUT2D eigenvalue weighted by Gasteiger charge is -2.17. The first-order valence-electron chi connectivity index (χ1n) is 7.26. The molecule has 106 valence electrons. The molecule has 1 aliphatic rings. The van der Waals surface area contributed by atoms with Gasteiger partial charge >= 0.3 is 0 Å². The molecule has 1 fully saturated rings. The molecule has 3 N–H and O–H groups in total. The standard InChI is InChI=1S/C16H20N2O2/c17-12-2-1-3-13(5-4-12)20-14-6-7-15-11(10-14)8-9-18-16(15)19/h6-10,12-13H,1-5,17H2,(H,18,19)/t12-,13?/m0/s1. The summed E-state index contributed by atoms with van der Waals surface area (Å²) in [4.78, 5) is 14.3. The van der Waals surface area contributed by atoms with Crippen LogP contribution in [0.15, 0.2) is 35.3 Å². The van der Waals surface area contributed by atoms with Crippen molar-refractivity contribution in [3.8, 4) is 5.75 Å². The summed E-state index contributed by atoms with van der Waals surface area (Å²) in [6.07, 6.45) is 7.21. The number of fused-ring (bicyclic) bond motifs is 1. The van der Waals surface area contributed by atoms with E-state index in [1.807, 2.05) is 24.3 Å². The van der Waals surface area contributed by atoms with Crippen LogP contribution >= 0.6 is 0 Å². The van der Waals surface area contributed by atoms with Crippen molar-refractivity contribution in [1.29, 1.82) is 0 Å². The Morgan fingerprint density at radius 3 is 2.95 bits per heavy atom. The molecule has 1 saturated carbocycles. The molecule has 1 aromatic heterocycles. The van der Waals surface area contributed by atoms with Crippen molar-refractivity contribution in [2.24, 2.45) is 5.73 Å². The second-order valence-corrected chi connectivity index (χ2v) is 5.56. The highest BCUT2D eigenvalue weighted by atomic mass is 16.5.